The highest BCUT2D eigenvalue weighted by Gasteiger charge is 2.56. The van der Waals surface area contributed by atoms with Crippen molar-refractivity contribution in [2.24, 2.45) is 23.2 Å². The zero-order chi connectivity index (χ0) is 31.6. The number of hydroxylamine groups is 2. The molecule has 0 radical (unpaired) electrons. The van der Waals surface area contributed by atoms with Gasteiger partial charge in [-0.05, 0) is 84.3 Å². The summed E-state index contributed by atoms with van der Waals surface area (Å²) >= 11 is 0. The Balaban J connectivity index is 1.11. The van der Waals surface area contributed by atoms with Crippen LogP contribution in [0.3, 0.4) is 0 Å². The van der Waals surface area contributed by atoms with Gasteiger partial charge in [-0.15, -0.1) is 0 Å². The van der Waals surface area contributed by atoms with Gasteiger partial charge in [0.25, 0.3) is 0 Å². The van der Waals surface area contributed by atoms with Crippen LogP contribution in [-0.4, -0.2) is 66.6 Å². The van der Waals surface area contributed by atoms with Crippen LogP contribution < -0.4 is 5.32 Å². The van der Waals surface area contributed by atoms with Crippen molar-refractivity contribution >= 4 is 5.91 Å². The normalized spacial score (nSPS) is 25.8. The molecule has 7 rings (SSSR count). The molecule has 0 aromatic heterocycles. The second-order valence-corrected chi connectivity index (χ2v) is 14.6. The molecular formula is C39H52N4O2. The van der Waals surface area contributed by atoms with E-state index in [4.69, 9.17) is 4.84 Å². The summed E-state index contributed by atoms with van der Waals surface area (Å²) in [5.41, 5.74) is 6.76. The Kier molecular flexibility index (Phi) is 9.76. The molecule has 1 aliphatic heterocycles. The first-order valence-corrected chi connectivity index (χ1v) is 17.0. The zero-order valence-electron chi connectivity index (χ0n) is 27.9. The maximum absolute atomic E-state index is 13.5. The predicted molar refractivity (Wildman–Crippen MR) is 182 cm³/mol. The number of hydrogen-bond donors (Lipinski definition) is 1. The van der Waals surface area contributed by atoms with Crippen molar-refractivity contribution in [3.8, 4) is 11.1 Å². The van der Waals surface area contributed by atoms with Crippen molar-refractivity contribution < 1.29 is 9.63 Å². The van der Waals surface area contributed by atoms with E-state index in [0.29, 0.717) is 30.4 Å². The van der Waals surface area contributed by atoms with E-state index in [1.807, 2.05) is 5.06 Å². The smallest absolute Gasteiger partial charge is 0.240 e. The molecule has 3 aromatic rings. The fraction of sp³-hybridized carbons (Fsp3) is 0.513. The molecule has 0 unspecified atom stereocenters. The molecule has 3 saturated carbocycles. The summed E-state index contributed by atoms with van der Waals surface area (Å²) in [6.45, 7) is 12.0. The molecule has 0 spiro atoms. The summed E-state index contributed by atoms with van der Waals surface area (Å²) in [5.74, 6) is 2.10. The van der Waals surface area contributed by atoms with Gasteiger partial charge in [-0.25, -0.2) is 0 Å². The summed E-state index contributed by atoms with van der Waals surface area (Å²) in [7, 11) is 4.27. The van der Waals surface area contributed by atoms with Crippen molar-refractivity contribution in [3.63, 3.8) is 0 Å². The van der Waals surface area contributed by atoms with Gasteiger partial charge in [-0.1, -0.05) is 99.6 Å². The molecule has 1 amide bonds. The van der Waals surface area contributed by atoms with Gasteiger partial charge in [0.1, 0.15) is 6.04 Å². The van der Waals surface area contributed by atoms with Gasteiger partial charge in [0.15, 0.2) is 0 Å². The molecular weight excluding hydrogens is 556 g/mol. The molecule has 5 atom stereocenters. The van der Waals surface area contributed by atoms with Gasteiger partial charge in [-0.2, -0.15) is 5.06 Å². The summed E-state index contributed by atoms with van der Waals surface area (Å²) in [5, 5.41) is 5.38. The average molecular weight is 609 g/mol. The van der Waals surface area contributed by atoms with Gasteiger partial charge >= 0.3 is 0 Å². The number of rotatable bonds is 12. The molecule has 4 fully saturated rings. The molecule has 45 heavy (non-hydrogen) atoms. The van der Waals surface area contributed by atoms with E-state index in [1.54, 1.807) is 0 Å². The Morgan fingerprint density at radius 3 is 2.44 bits per heavy atom. The third-order valence-corrected chi connectivity index (χ3v) is 11.1. The van der Waals surface area contributed by atoms with Crippen LogP contribution in [0.1, 0.15) is 56.7 Å². The predicted octanol–water partition coefficient (Wildman–Crippen LogP) is 6.61. The fourth-order valence-electron chi connectivity index (χ4n) is 8.17. The molecule has 2 bridgehead atoms. The minimum Gasteiger partial charge on any atom is -0.352 e. The van der Waals surface area contributed by atoms with Crippen LogP contribution in [0.5, 0.6) is 0 Å². The fourth-order valence-corrected chi connectivity index (χ4v) is 8.17. The summed E-state index contributed by atoms with van der Waals surface area (Å²) in [6, 6.07) is 28.3. The Bertz CT molecular complexity index is 1440. The van der Waals surface area contributed by atoms with E-state index >= 15 is 0 Å². The van der Waals surface area contributed by atoms with Crippen LogP contribution in [0.4, 0.5) is 0 Å². The van der Waals surface area contributed by atoms with Crippen LogP contribution in [-0.2, 0) is 29.3 Å². The first-order chi connectivity index (χ1) is 21.7. The Morgan fingerprint density at radius 2 is 1.69 bits per heavy atom. The number of fused-ring (bicyclic) bond motifs is 2. The monoisotopic (exact) mass is 608 g/mol. The third kappa shape index (κ3) is 7.20. The van der Waals surface area contributed by atoms with E-state index in [9.17, 15) is 4.79 Å². The van der Waals surface area contributed by atoms with E-state index in [0.717, 1.165) is 44.9 Å². The number of benzene rings is 3. The van der Waals surface area contributed by atoms with E-state index in [-0.39, 0.29) is 18.0 Å². The highest BCUT2D eigenvalue weighted by molar-refractivity contribution is 5.82. The maximum Gasteiger partial charge on any atom is 0.240 e. The standard InChI is InChI=1S/C39H52N4O2/c1-28-35-23-33(39(35,2)3)24-36(28)40-38(44)37-18-21-45-43(37)26-30-13-11-12-29(22-30)25-42(20-19-41(4)5)27-32-16-9-10-17-34(32)31-14-7-6-8-15-31/h6-17,22,28,33,35-37H,18-21,23-27H2,1-5H3,(H,40,44)/t28-,33+,35-,36-,37-/m0/s1. The lowest BCUT2D eigenvalue weighted by atomic mass is 9.45. The summed E-state index contributed by atoms with van der Waals surface area (Å²) in [4.78, 5) is 24.4. The average Bonchev–Trinajstić information content (AvgIpc) is 3.49. The largest absolute Gasteiger partial charge is 0.352 e. The lowest BCUT2D eigenvalue weighted by Crippen LogP contribution is -2.61. The molecule has 240 valence electrons. The SMILES string of the molecule is C[C@@H]1[C@@H](NC(=O)[C@@H]2CCON2Cc2cccc(CN(CCN(C)C)Cc3ccccc3-c3ccccc3)c2)C[C@H]2C[C@@H]1C2(C)C. The van der Waals surface area contributed by atoms with Crippen molar-refractivity contribution in [1.29, 1.82) is 0 Å². The molecule has 6 heteroatoms. The topological polar surface area (TPSA) is 48.1 Å². The number of hydrogen-bond acceptors (Lipinski definition) is 5. The first kappa shape index (κ1) is 31.9. The van der Waals surface area contributed by atoms with E-state index < -0.39 is 0 Å². The van der Waals surface area contributed by atoms with Crippen LogP contribution in [0.15, 0.2) is 78.9 Å². The van der Waals surface area contributed by atoms with Crippen molar-refractivity contribution in [3.05, 3.63) is 95.6 Å². The van der Waals surface area contributed by atoms with E-state index in [2.05, 4.69) is 129 Å². The van der Waals surface area contributed by atoms with Crippen LogP contribution in [0.25, 0.3) is 11.1 Å². The van der Waals surface area contributed by atoms with Crippen LogP contribution in [0.2, 0.25) is 0 Å². The number of carbonyl (C=O) groups is 1. The lowest BCUT2D eigenvalue weighted by molar-refractivity contribution is -0.161. The van der Waals surface area contributed by atoms with Gasteiger partial charge < -0.3 is 10.2 Å². The Labute approximate surface area is 270 Å². The van der Waals surface area contributed by atoms with Gasteiger partial charge in [0, 0.05) is 38.8 Å². The maximum atomic E-state index is 13.5. The van der Waals surface area contributed by atoms with Crippen molar-refractivity contribution in [1.82, 2.24) is 20.2 Å². The molecule has 4 aliphatic rings. The quantitative estimate of drug-likeness (QED) is 0.251. The number of carbonyl (C=O) groups excluding carboxylic acids is 1. The van der Waals surface area contributed by atoms with Crippen molar-refractivity contribution in [2.45, 2.75) is 71.8 Å². The van der Waals surface area contributed by atoms with Crippen LogP contribution in [0, 0.1) is 23.2 Å². The molecule has 1 N–H and O–H groups in total. The number of nitrogens with one attached hydrogen (secondary N) is 1. The zero-order valence-corrected chi connectivity index (χ0v) is 27.9. The van der Waals surface area contributed by atoms with E-state index in [1.165, 1.54) is 34.2 Å². The summed E-state index contributed by atoms with van der Waals surface area (Å²) < 4.78 is 0. The second kappa shape index (κ2) is 13.8. The molecule has 3 aromatic carbocycles. The molecule has 3 aliphatic carbocycles. The van der Waals surface area contributed by atoms with Gasteiger partial charge in [-0.3, -0.25) is 14.5 Å². The van der Waals surface area contributed by atoms with Gasteiger partial charge in [0.2, 0.25) is 5.91 Å². The Hall–Kier alpha value is -3.03. The second-order valence-electron chi connectivity index (χ2n) is 14.6. The number of nitrogens with zero attached hydrogens (tertiary/aromatic N) is 3. The molecule has 6 nitrogen and oxygen atoms in total. The Morgan fingerprint density at radius 1 is 0.933 bits per heavy atom. The molecule has 1 saturated heterocycles. The molecule has 1 heterocycles. The lowest BCUT2D eigenvalue weighted by Gasteiger charge is -2.62. The minimum atomic E-state index is -0.238. The minimum absolute atomic E-state index is 0.131. The summed E-state index contributed by atoms with van der Waals surface area (Å²) in [6.07, 6.45) is 3.16. The van der Waals surface area contributed by atoms with Crippen LogP contribution >= 0.6 is 0 Å². The number of amides is 1. The highest BCUT2D eigenvalue weighted by atomic mass is 16.7. The van der Waals surface area contributed by atoms with Gasteiger partial charge in [0.05, 0.1) is 6.61 Å². The first-order valence-electron chi connectivity index (χ1n) is 17.0. The third-order valence-electron chi connectivity index (χ3n) is 11.1. The highest BCUT2D eigenvalue weighted by Crippen LogP contribution is 2.61. The number of likely N-dealkylation sites (N-methyl/N-ethyl adjacent to an activating group) is 1. The van der Waals surface area contributed by atoms with Crippen molar-refractivity contribution in [2.75, 3.05) is 33.8 Å².